The molecule has 0 saturated heterocycles. The minimum Gasteiger partial charge on any atom is -0.370 e. The van der Waals surface area contributed by atoms with Crippen LogP contribution in [0.25, 0.3) is 11.4 Å². The van der Waals surface area contributed by atoms with E-state index in [2.05, 4.69) is 68.5 Å². The summed E-state index contributed by atoms with van der Waals surface area (Å²) in [6.45, 7) is 8.90. The Bertz CT molecular complexity index is 1090. The van der Waals surface area contributed by atoms with E-state index in [1.54, 1.807) is 0 Å². The summed E-state index contributed by atoms with van der Waals surface area (Å²) < 4.78 is 5.78. The number of rotatable bonds is 7. The van der Waals surface area contributed by atoms with E-state index in [0.29, 0.717) is 23.6 Å². The summed E-state index contributed by atoms with van der Waals surface area (Å²) in [5.41, 5.74) is 5.75. The van der Waals surface area contributed by atoms with Crippen LogP contribution in [0.4, 0.5) is 5.69 Å². The van der Waals surface area contributed by atoms with Gasteiger partial charge in [0.2, 0.25) is 5.82 Å². The number of nitrogens with zero attached hydrogens (tertiary/aromatic N) is 2. The van der Waals surface area contributed by atoms with Gasteiger partial charge in [-0.2, -0.15) is 4.98 Å². The van der Waals surface area contributed by atoms with Gasteiger partial charge in [0.05, 0.1) is 0 Å². The summed E-state index contributed by atoms with van der Waals surface area (Å²) in [7, 11) is 0. The minimum atomic E-state index is -0.247. The van der Waals surface area contributed by atoms with Crippen LogP contribution in [-0.4, -0.2) is 10.1 Å². The third kappa shape index (κ3) is 4.53. The van der Waals surface area contributed by atoms with Gasteiger partial charge >= 0.3 is 0 Å². The molecule has 1 heterocycles. The lowest BCUT2D eigenvalue weighted by molar-refractivity contribution is 0.372. The predicted octanol–water partition coefficient (Wildman–Crippen LogP) is 7.18. The SMILES string of the molecule is CC(C)c1cccc(C(C)C)c1NC(c1ccccc1)c1nc(-c2ccccc2)no1. The summed E-state index contributed by atoms with van der Waals surface area (Å²) in [5, 5.41) is 8.04. The van der Waals surface area contributed by atoms with E-state index < -0.39 is 0 Å². The molecule has 0 spiro atoms. The largest absolute Gasteiger partial charge is 0.370 e. The molecule has 4 heteroatoms. The van der Waals surface area contributed by atoms with Gasteiger partial charge in [-0.25, -0.2) is 0 Å². The van der Waals surface area contributed by atoms with Crippen LogP contribution >= 0.6 is 0 Å². The number of hydrogen-bond donors (Lipinski definition) is 1. The average molecular weight is 412 g/mol. The maximum absolute atomic E-state index is 5.78. The van der Waals surface area contributed by atoms with Gasteiger partial charge in [-0.1, -0.05) is 112 Å². The molecule has 0 saturated carbocycles. The van der Waals surface area contributed by atoms with E-state index in [1.165, 1.54) is 11.1 Å². The summed E-state index contributed by atoms with van der Waals surface area (Å²) in [6.07, 6.45) is 0. The van der Waals surface area contributed by atoms with Crippen LogP contribution in [0.1, 0.15) is 68.2 Å². The average Bonchev–Trinajstić information content (AvgIpc) is 3.28. The van der Waals surface area contributed by atoms with E-state index in [0.717, 1.165) is 16.8 Å². The molecule has 4 aromatic rings. The van der Waals surface area contributed by atoms with Gasteiger partial charge in [0.15, 0.2) is 0 Å². The standard InChI is InChI=1S/C27H29N3O/c1-18(2)22-16-11-17-23(19(3)4)25(22)28-24(20-12-7-5-8-13-20)27-29-26(30-31-27)21-14-9-6-10-15-21/h5-19,24,28H,1-4H3. The highest BCUT2D eigenvalue weighted by molar-refractivity contribution is 5.62. The molecule has 1 unspecified atom stereocenters. The molecule has 158 valence electrons. The van der Waals surface area contributed by atoms with Gasteiger partial charge in [-0.05, 0) is 28.5 Å². The molecule has 0 aliphatic carbocycles. The van der Waals surface area contributed by atoms with Crippen molar-refractivity contribution in [1.82, 2.24) is 10.1 Å². The van der Waals surface area contributed by atoms with Crippen LogP contribution in [0.15, 0.2) is 83.4 Å². The summed E-state index contributed by atoms with van der Waals surface area (Å²) in [6, 6.07) is 26.5. The van der Waals surface area contributed by atoms with E-state index in [4.69, 9.17) is 9.51 Å². The highest BCUT2D eigenvalue weighted by atomic mass is 16.5. The normalized spacial score (nSPS) is 12.3. The Morgan fingerprint density at radius 3 is 1.87 bits per heavy atom. The first-order chi connectivity index (χ1) is 15.0. The second-order valence-corrected chi connectivity index (χ2v) is 8.43. The van der Waals surface area contributed by atoms with E-state index in [9.17, 15) is 0 Å². The van der Waals surface area contributed by atoms with Crippen LogP contribution in [0.3, 0.4) is 0 Å². The zero-order valence-corrected chi connectivity index (χ0v) is 18.5. The Morgan fingerprint density at radius 1 is 0.710 bits per heavy atom. The Labute approximate surface area is 184 Å². The van der Waals surface area contributed by atoms with Gasteiger partial charge in [0.25, 0.3) is 5.89 Å². The fourth-order valence-electron chi connectivity index (χ4n) is 3.85. The van der Waals surface area contributed by atoms with Crippen molar-refractivity contribution in [1.29, 1.82) is 0 Å². The van der Waals surface area contributed by atoms with Crippen LogP contribution in [0.5, 0.6) is 0 Å². The molecule has 4 rings (SSSR count). The molecule has 31 heavy (non-hydrogen) atoms. The van der Waals surface area contributed by atoms with Gasteiger partial charge in [-0.15, -0.1) is 0 Å². The second kappa shape index (κ2) is 9.17. The van der Waals surface area contributed by atoms with Gasteiger partial charge in [-0.3, -0.25) is 0 Å². The third-order valence-electron chi connectivity index (χ3n) is 5.52. The fourth-order valence-corrected chi connectivity index (χ4v) is 3.85. The van der Waals surface area contributed by atoms with Gasteiger partial charge in [0, 0.05) is 11.3 Å². The van der Waals surface area contributed by atoms with Crippen molar-refractivity contribution in [2.75, 3.05) is 5.32 Å². The van der Waals surface area contributed by atoms with Crippen LogP contribution in [0.2, 0.25) is 0 Å². The molecule has 0 bridgehead atoms. The first-order valence-corrected chi connectivity index (χ1v) is 10.9. The molecular formula is C27H29N3O. The molecule has 1 atom stereocenters. The summed E-state index contributed by atoms with van der Waals surface area (Å²) >= 11 is 0. The van der Waals surface area contributed by atoms with E-state index >= 15 is 0 Å². The Balaban J connectivity index is 1.80. The number of nitrogens with one attached hydrogen (secondary N) is 1. The molecule has 3 aromatic carbocycles. The zero-order valence-electron chi connectivity index (χ0n) is 18.5. The highest BCUT2D eigenvalue weighted by Crippen LogP contribution is 2.36. The van der Waals surface area contributed by atoms with Crippen molar-refractivity contribution in [2.24, 2.45) is 0 Å². The molecule has 1 aromatic heterocycles. The van der Waals surface area contributed by atoms with Crippen LogP contribution in [0, 0.1) is 0 Å². The molecule has 0 fully saturated rings. The Hall–Kier alpha value is -3.40. The summed E-state index contributed by atoms with van der Waals surface area (Å²) in [5.74, 6) is 1.93. The van der Waals surface area contributed by atoms with Crippen molar-refractivity contribution >= 4 is 5.69 Å². The molecular weight excluding hydrogens is 382 g/mol. The number of hydrogen-bond acceptors (Lipinski definition) is 4. The van der Waals surface area contributed by atoms with E-state index in [1.807, 2.05) is 48.5 Å². The van der Waals surface area contributed by atoms with Crippen LogP contribution in [-0.2, 0) is 0 Å². The monoisotopic (exact) mass is 411 g/mol. The first-order valence-electron chi connectivity index (χ1n) is 10.9. The topological polar surface area (TPSA) is 51.0 Å². The van der Waals surface area contributed by atoms with Crippen molar-refractivity contribution < 1.29 is 4.52 Å². The molecule has 1 N–H and O–H groups in total. The zero-order chi connectivity index (χ0) is 21.8. The lowest BCUT2D eigenvalue weighted by atomic mass is 9.91. The number of aromatic nitrogens is 2. The molecule has 0 radical (unpaired) electrons. The Morgan fingerprint density at radius 2 is 1.29 bits per heavy atom. The number of anilines is 1. The lowest BCUT2D eigenvalue weighted by Gasteiger charge is -2.25. The van der Waals surface area contributed by atoms with Gasteiger partial charge < -0.3 is 9.84 Å². The van der Waals surface area contributed by atoms with Gasteiger partial charge in [0.1, 0.15) is 6.04 Å². The highest BCUT2D eigenvalue weighted by Gasteiger charge is 2.24. The van der Waals surface area contributed by atoms with Crippen LogP contribution < -0.4 is 5.32 Å². The predicted molar refractivity (Wildman–Crippen MR) is 126 cm³/mol. The maximum atomic E-state index is 5.78. The first kappa shape index (κ1) is 20.9. The van der Waals surface area contributed by atoms with Crippen molar-refractivity contribution in [3.05, 3.63) is 101 Å². The van der Waals surface area contributed by atoms with Crippen molar-refractivity contribution in [2.45, 2.75) is 45.6 Å². The fraction of sp³-hybridized carbons (Fsp3) is 0.259. The number of para-hydroxylation sites is 1. The second-order valence-electron chi connectivity index (χ2n) is 8.43. The maximum Gasteiger partial charge on any atom is 0.254 e. The smallest absolute Gasteiger partial charge is 0.254 e. The number of benzene rings is 3. The quantitative estimate of drug-likeness (QED) is 0.350. The van der Waals surface area contributed by atoms with E-state index in [-0.39, 0.29) is 6.04 Å². The molecule has 0 amide bonds. The molecule has 0 aliphatic heterocycles. The lowest BCUT2D eigenvalue weighted by Crippen LogP contribution is -2.16. The van der Waals surface area contributed by atoms with Crippen molar-refractivity contribution in [3.8, 4) is 11.4 Å². The third-order valence-corrected chi connectivity index (χ3v) is 5.52. The molecule has 0 aliphatic rings. The molecule has 4 nitrogen and oxygen atoms in total. The summed E-state index contributed by atoms with van der Waals surface area (Å²) in [4.78, 5) is 4.76. The Kier molecular flexibility index (Phi) is 6.17. The van der Waals surface area contributed by atoms with Crippen molar-refractivity contribution in [3.63, 3.8) is 0 Å². The minimum absolute atomic E-state index is 0.247.